The van der Waals surface area contributed by atoms with Gasteiger partial charge in [-0.2, -0.15) is 10.2 Å². The van der Waals surface area contributed by atoms with Gasteiger partial charge >= 0.3 is 0 Å². The van der Waals surface area contributed by atoms with Gasteiger partial charge in [0.05, 0.1) is 39.4 Å². The molecule has 1 saturated heterocycles. The predicted octanol–water partition coefficient (Wildman–Crippen LogP) is 4.49. The van der Waals surface area contributed by atoms with Crippen molar-refractivity contribution in [1.29, 1.82) is 0 Å². The largest absolute Gasteiger partial charge is 0.495 e. The highest BCUT2D eigenvalue weighted by atomic mass is 79.9. The molecule has 0 saturated carbocycles. The SMILES string of the molecule is COc1cc(/C(C)=N/N=C/C(OC)c2ccc(N3CCOCC3)cc2)cc(OC)c1Br. The van der Waals surface area contributed by atoms with E-state index in [0.29, 0.717) is 11.5 Å². The van der Waals surface area contributed by atoms with Crippen LogP contribution in [0.3, 0.4) is 0 Å². The third kappa shape index (κ3) is 5.84. The zero-order valence-corrected chi connectivity index (χ0v) is 19.9. The monoisotopic (exact) mass is 489 g/mol. The molecule has 1 unspecified atom stereocenters. The third-order valence-electron chi connectivity index (χ3n) is 5.13. The third-order valence-corrected chi connectivity index (χ3v) is 5.91. The minimum Gasteiger partial charge on any atom is -0.495 e. The molecule has 0 amide bonds. The van der Waals surface area contributed by atoms with E-state index in [1.807, 2.05) is 19.1 Å². The van der Waals surface area contributed by atoms with Crippen LogP contribution in [0.5, 0.6) is 11.5 Å². The van der Waals surface area contributed by atoms with E-state index in [4.69, 9.17) is 18.9 Å². The summed E-state index contributed by atoms with van der Waals surface area (Å²) < 4.78 is 22.6. The van der Waals surface area contributed by atoms with Crippen molar-refractivity contribution < 1.29 is 18.9 Å². The van der Waals surface area contributed by atoms with Crippen molar-refractivity contribution in [3.05, 3.63) is 52.0 Å². The molecule has 1 aliphatic rings. The number of benzene rings is 2. The van der Waals surface area contributed by atoms with Crippen LogP contribution < -0.4 is 14.4 Å². The molecular formula is C23H28BrN3O4. The Hall–Kier alpha value is -2.42. The first kappa shape index (κ1) is 23.2. The first-order valence-corrected chi connectivity index (χ1v) is 10.8. The van der Waals surface area contributed by atoms with Crippen molar-refractivity contribution >= 4 is 33.5 Å². The molecule has 0 aromatic heterocycles. The van der Waals surface area contributed by atoms with Gasteiger partial charge in [-0.15, -0.1) is 0 Å². The Morgan fingerprint density at radius 2 is 1.68 bits per heavy atom. The molecule has 3 rings (SSSR count). The fraction of sp³-hybridized carbons (Fsp3) is 0.391. The number of halogens is 1. The fourth-order valence-corrected chi connectivity index (χ4v) is 3.85. The molecule has 2 aromatic rings. The van der Waals surface area contributed by atoms with Gasteiger partial charge in [-0.05, 0) is 52.7 Å². The van der Waals surface area contributed by atoms with E-state index in [2.05, 4.69) is 55.3 Å². The number of hydrogen-bond acceptors (Lipinski definition) is 7. The Morgan fingerprint density at radius 1 is 1.06 bits per heavy atom. The highest BCUT2D eigenvalue weighted by Crippen LogP contribution is 2.35. The van der Waals surface area contributed by atoms with Crippen LogP contribution in [0.4, 0.5) is 5.69 Å². The Kier molecular flexibility index (Phi) is 8.45. The number of ether oxygens (including phenoxy) is 4. The molecule has 1 fully saturated rings. The lowest BCUT2D eigenvalue weighted by Gasteiger charge is -2.29. The number of hydrogen-bond donors (Lipinski definition) is 0. The average Bonchev–Trinajstić information content (AvgIpc) is 2.82. The summed E-state index contributed by atoms with van der Waals surface area (Å²) in [6.45, 7) is 5.24. The number of morpholine rings is 1. The van der Waals surface area contributed by atoms with Crippen LogP contribution in [0.2, 0.25) is 0 Å². The van der Waals surface area contributed by atoms with Gasteiger partial charge in [0.2, 0.25) is 0 Å². The van der Waals surface area contributed by atoms with Crippen molar-refractivity contribution in [2.24, 2.45) is 10.2 Å². The summed E-state index contributed by atoms with van der Waals surface area (Å²) in [5, 5.41) is 8.60. The van der Waals surface area contributed by atoms with Crippen molar-refractivity contribution in [3.63, 3.8) is 0 Å². The molecule has 0 radical (unpaired) electrons. The Labute approximate surface area is 191 Å². The van der Waals surface area contributed by atoms with Gasteiger partial charge in [-0.25, -0.2) is 0 Å². The standard InChI is InChI=1S/C23H28BrN3O4/c1-16(18-13-20(28-2)23(24)21(14-18)29-3)26-25-15-22(30-4)17-5-7-19(8-6-17)27-9-11-31-12-10-27/h5-8,13-15,22H,9-12H2,1-4H3/b25-15+,26-16+. The molecule has 1 atom stereocenters. The topological polar surface area (TPSA) is 64.9 Å². The van der Waals surface area contributed by atoms with E-state index in [1.54, 1.807) is 27.5 Å². The zero-order chi connectivity index (χ0) is 22.2. The van der Waals surface area contributed by atoms with Crippen LogP contribution in [-0.2, 0) is 9.47 Å². The maximum absolute atomic E-state index is 5.60. The lowest BCUT2D eigenvalue weighted by molar-refractivity contribution is 0.122. The van der Waals surface area contributed by atoms with Crippen molar-refractivity contribution in [2.75, 3.05) is 52.5 Å². The Morgan fingerprint density at radius 3 is 2.23 bits per heavy atom. The quantitative estimate of drug-likeness (QED) is 0.403. The van der Waals surface area contributed by atoms with Crippen LogP contribution in [0.25, 0.3) is 0 Å². The number of rotatable bonds is 8. The molecule has 0 spiro atoms. The van der Waals surface area contributed by atoms with Gasteiger partial charge in [0.15, 0.2) is 0 Å². The molecule has 31 heavy (non-hydrogen) atoms. The lowest BCUT2D eigenvalue weighted by Crippen LogP contribution is -2.36. The summed E-state index contributed by atoms with van der Waals surface area (Å²) >= 11 is 3.48. The average molecular weight is 490 g/mol. The number of anilines is 1. The molecule has 0 N–H and O–H groups in total. The first-order chi connectivity index (χ1) is 15.1. The van der Waals surface area contributed by atoms with Gasteiger partial charge in [-0.3, -0.25) is 0 Å². The summed E-state index contributed by atoms with van der Waals surface area (Å²) in [6.07, 6.45) is 1.41. The minimum absolute atomic E-state index is 0.288. The molecule has 8 heteroatoms. The van der Waals surface area contributed by atoms with Gasteiger partial charge in [0.1, 0.15) is 22.1 Å². The van der Waals surface area contributed by atoms with E-state index in [1.165, 1.54) is 5.69 Å². The highest BCUT2D eigenvalue weighted by Gasteiger charge is 2.14. The minimum atomic E-state index is -0.288. The number of methoxy groups -OCH3 is 3. The molecule has 1 heterocycles. The molecule has 166 valence electrons. The van der Waals surface area contributed by atoms with Crippen LogP contribution in [-0.4, -0.2) is 59.6 Å². The van der Waals surface area contributed by atoms with E-state index in [9.17, 15) is 0 Å². The summed E-state index contributed by atoms with van der Waals surface area (Å²) in [6, 6.07) is 12.1. The van der Waals surface area contributed by atoms with E-state index < -0.39 is 0 Å². The molecule has 0 aliphatic carbocycles. The van der Waals surface area contributed by atoms with Crippen LogP contribution >= 0.6 is 15.9 Å². The fourth-order valence-electron chi connectivity index (χ4n) is 3.30. The highest BCUT2D eigenvalue weighted by molar-refractivity contribution is 9.10. The predicted molar refractivity (Wildman–Crippen MR) is 127 cm³/mol. The maximum atomic E-state index is 5.60. The van der Waals surface area contributed by atoms with E-state index in [-0.39, 0.29) is 6.10 Å². The summed E-state index contributed by atoms with van der Waals surface area (Å²) in [5.41, 5.74) is 3.80. The van der Waals surface area contributed by atoms with Crippen molar-refractivity contribution in [2.45, 2.75) is 13.0 Å². The number of nitrogens with zero attached hydrogens (tertiary/aromatic N) is 3. The van der Waals surface area contributed by atoms with Crippen molar-refractivity contribution in [3.8, 4) is 11.5 Å². The van der Waals surface area contributed by atoms with Gasteiger partial charge in [-0.1, -0.05) is 12.1 Å². The second-order valence-electron chi connectivity index (χ2n) is 6.99. The molecule has 7 nitrogen and oxygen atoms in total. The van der Waals surface area contributed by atoms with Crippen LogP contribution in [0, 0.1) is 0 Å². The molecule has 1 aliphatic heterocycles. The summed E-state index contributed by atoms with van der Waals surface area (Å²) in [7, 11) is 4.89. The Balaban J connectivity index is 1.72. The summed E-state index contributed by atoms with van der Waals surface area (Å²) in [4.78, 5) is 2.32. The second kappa shape index (κ2) is 11.3. The first-order valence-electron chi connectivity index (χ1n) is 10.0. The van der Waals surface area contributed by atoms with Gasteiger partial charge in [0, 0.05) is 31.5 Å². The van der Waals surface area contributed by atoms with E-state index >= 15 is 0 Å². The molecule has 2 aromatic carbocycles. The van der Waals surface area contributed by atoms with Gasteiger partial charge in [0.25, 0.3) is 0 Å². The lowest BCUT2D eigenvalue weighted by atomic mass is 10.1. The normalized spacial score (nSPS) is 15.9. The van der Waals surface area contributed by atoms with Crippen LogP contribution in [0.1, 0.15) is 24.2 Å². The van der Waals surface area contributed by atoms with E-state index in [0.717, 1.165) is 47.6 Å². The summed E-state index contributed by atoms with van der Waals surface area (Å²) in [5.74, 6) is 1.34. The van der Waals surface area contributed by atoms with Crippen LogP contribution in [0.15, 0.2) is 51.1 Å². The van der Waals surface area contributed by atoms with Gasteiger partial charge < -0.3 is 23.8 Å². The maximum Gasteiger partial charge on any atom is 0.137 e. The second-order valence-corrected chi connectivity index (χ2v) is 7.78. The smallest absolute Gasteiger partial charge is 0.137 e. The van der Waals surface area contributed by atoms with Crippen molar-refractivity contribution in [1.82, 2.24) is 0 Å². The zero-order valence-electron chi connectivity index (χ0n) is 18.3. The molecular weight excluding hydrogens is 462 g/mol. The Bertz CT molecular complexity index is 900. The molecule has 0 bridgehead atoms.